The van der Waals surface area contributed by atoms with Gasteiger partial charge in [-0.3, -0.25) is 0 Å². The number of aliphatic hydroxyl groups is 1. The number of hydrogen-bond donors (Lipinski definition) is 2. The monoisotopic (exact) mass is 346 g/mol. The van der Waals surface area contributed by atoms with Gasteiger partial charge in [-0.2, -0.15) is 5.26 Å². The maximum atomic E-state index is 10.0. The van der Waals surface area contributed by atoms with Gasteiger partial charge in [-0.15, -0.1) is 0 Å². The predicted octanol–water partition coefficient (Wildman–Crippen LogP) is 2.79. The average Bonchev–Trinajstić information content (AvgIpc) is 3.06. The van der Waals surface area contributed by atoms with Crippen molar-refractivity contribution in [2.45, 2.75) is 6.10 Å². The van der Waals surface area contributed by atoms with Gasteiger partial charge in [0.05, 0.1) is 11.3 Å². The molecule has 1 aliphatic rings. The summed E-state index contributed by atoms with van der Waals surface area (Å²) in [5.74, 6) is 1.89. The van der Waals surface area contributed by atoms with Crippen molar-refractivity contribution in [3.8, 4) is 23.3 Å². The van der Waals surface area contributed by atoms with E-state index in [1.807, 2.05) is 0 Å². The topological polar surface area (TPSA) is 83.7 Å². The first-order chi connectivity index (χ1) is 11.7. The van der Waals surface area contributed by atoms with E-state index < -0.39 is 6.10 Å². The van der Waals surface area contributed by atoms with Gasteiger partial charge in [0.15, 0.2) is 11.5 Å². The second-order valence-electron chi connectivity index (χ2n) is 5.16. The molecule has 124 valence electrons. The zero-order valence-corrected chi connectivity index (χ0v) is 13.4. The molecule has 6 nitrogen and oxygen atoms in total. The molecular weight excluding hydrogens is 332 g/mol. The van der Waals surface area contributed by atoms with Gasteiger partial charge in [-0.1, -0.05) is 11.6 Å². The molecule has 2 aromatic carbocycles. The molecule has 1 aliphatic heterocycles. The Morgan fingerprint density at radius 3 is 2.92 bits per heavy atom. The van der Waals surface area contributed by atoms with Crippen LogP contribution in [0.1, 0.15) is 5.56 Å². The third-order valence-corrected chi connectivity index (χ3v) is 3.65. The molecule has 7 heteroatoms. The molecule has 2 N–H and O–H groups in total. The van der Waals surface area contributed by atoms with E-state index in [0.29, 0.717) is 33.5 Å². The lowest BCUT2D eigenvalue weighted by atomic mass is 10.2. The molecule has 0 amide bonds. The number of aliphatic hydroxyl groups excluding tert-OH is 1. The summed E-state index contributed by atoms with van der Waals surface area (Å²) in [6.45, 7) is 0.538. The lowest BCUT2D eigenvalue weighted by Gasteiger charge is -2.15. The first-order valence-corrected chi connectivity index (χ1v) is 7.67. The summed E-state index contributed by atoms with van der Waals surface area (Å²) in [5, 5.41) is 22.6. The minimum Gasteiger partial charge on any atom is -0.491 e. The van der Waals surface area contributed by atoms with E-state index in [0.717, 1.165) is 0 Å². The van der Waals surface area contributed by atoms with Crippen LogP contribution in [0.4, 0.5) is 5.69 Å². The van der Waals surface area contributed by atoms with Crippen LogP contribution >= 0.6 is 11.6 Å². The Balaban J connectivity index is 1.51. The van der Waals surface area contributed by atoms with Crippen molar-refractivity contribution in [3.05, 3.63) is 47.0 Å². The fraction of sp³-hybridized carbons (Fsp3) is 0.235. The van der Waals surface area contributed by atoms with Crippen LogP contribution in [0.3, 0.4) is 0 Å². The van der Waals surface area contributed by atoms with E-state index >= 15 is 0 Å². The van der Waals surface area contributed by atoms with Gasteiger partial charge in [-0.25, -0.2) is 0 Å². The van der Waals surface area contributed by atoms with Crippen molar-refractivity contribution in [3.63, 3.8) is 0 Å². The van der Waals surface area contributed by atoms with Crippen LogP contribution in [0.25, 0.3) is 0 Å². The number of halogens is 1. The summed E-state index contributed by atoms with van der Waals surface area (Å²) < 4.78 is 16.0. The molecule has 0 saturated carbocycles. The van der Waals surface area contributed by atoms with Crippen molar-refractivity contribution >= 4 is 17.3 Å². The molecule has 0 saturated heterocycles. The zero-order chi connectivity index (χ0) is 16.9. The molecule has 0 spiro atoms. The van der Waals surface area contributed by atoms with Crippen LogP contribution in [0.15, 0.2) is 36.4 Å². The van der Waals surface area contributed by atoms with Gasteiger partial charge in [0.1, 0.15) is 24.5 Å². The fourth-order valence-corrected chi connectivity index (χ4v) is 2.38. The first-order valence-electron chi connectivity index (χ1n) is 7.30. The van der Waals surface area contributed by atoms with E-state index in [1.165, 1.54) is 0 Å². The highest BCUT2D eigenvalue weighted by molar-refractivity contribution is 6.30. The Bertz CT molecular complexity index is 776. The predicted molar refractivity (Wildman–Crippen MR) is 88.7 cm³/mol. The molecule has 1 atom stereocenters. The number of benzene rings is 2. The lowest BCUT2D eigenvalue weighted by molar-refractivity contribution is 0.117. The van der Waals surface area contributed by atoms with E-state index in [4.69, 9.17) is 31.1 Å². The number of anilines is 1. The number of nitriles is 1. The van der Waals surface area contributed by atoms with Crippen LogP contribution in [0, 0.1) is 11.3 Å². The molecule has 3 rings (SSSR count). The highest BCUT2D eigenvalue weighted by atomic mass is 35.5. The van der Waals surface area contributed by atoms with E-state index in [1.54, 1.807) is 36.4 Å². The summed E-state index contributed by atoms with van der Waals surface area (Å²) in [4.78, 5) is 0. The minimum absolute atomic E-state index is 0.0993. The summed E-state index contributed by atoms with van der Waals surface area (Å²) in [6.07, 6.45) is -0.752. The quantitative estimate of drug-likeness (QED) is 0.836. The number of nitrogens with one attached hydrogen (secondary N) is 1. The average molecular weight is 347 g/mol. The SMILES string of the molecule is N#Cc1cc(Cl)ccc1NCC(O)COc1ccc2c(c1)OCO2. The van der Waals surface area contributed by atoms with Gasteiger partial charge < -0.3 is 24.6 Å². The molecule has 24 heavy (non-hydrogen) atoms. The Morgan fingerprint density at radius 1 is 1.25 bits per heavy atom. The van der Waals surface area contributed by atoms with Gasteiger partial charge >= 0.3 is 0 Å². The van der Waals surface area contributed by atoms with Crippen molar-refractivity contribution in [1.29, 1.82) is 5.26 Å². The zero-order valence-electron chi connectivity index (χ0n) is 12.7. The number of ether oxygens (including phenoxy) is 3. The molecule has 0 fully saturated rings. The van der Waals surface area contributed by atoms with Crippen molar-refractivity contribution in [1.82, 2.24) is 0 Å². The Morgan fingerprint density at radius 2 is 2.08 bits per heavy atom. The molecule has 0 radical (unpaired) electrons. The summed E-state index contributed by atoms with van der Waals surface area (Å²) in [6, 6.07) is 12.2. The van der Waals surface area contributed by atoms with Gasteiger partial charge in [-0.05, 0) is 30.3 Å². The fourth-order valence-electron chi connectivity index (χ4n) is 2.21. The standard InChI is InChI=1S/C17H15ClN2O4/c18-12-1-3-15(11(5-12)7-19)20-8-13(21)9-22-14-2-4-16-17(6-14)24-10-23-16/h1-6,13,20-21H,8-10H2. The van der Waals surface area contributed by atoms with Crippen molar-refractivity contribution in [2.24, 2.45) is 0 Å². The number of fused-ring (bicyclic) bond motifs is 1. The third-order valence-electron chi connectivity index (χ3n) is 3.42. The number of rotatable bonds is 6. The molecular formula is C17H15ClN2O4. The largest absolute Gasteiger partial charge is 0.491 e. The Labute approximate surface area is 144 Å². The van der Waals surface area contributed by atoms with E-state index in [-0.39, 0.29) is 19.9 Å². The van der Waals surface area contributed by atoms with Gasteiger partial charge in [0, 0.05) is 17.6 Å². The Kier molecular flexibility index (Phi) is 4.94. The van der Waals surface area contributed by atoms with E-state index in [2.05, 4.69) is 11.4 Å². The van der Waals surface area contributed by atoms with Gasteiger partial charge in [0.25, 0.3) is 0 Å². The van der Waals surface area contributed by atoms with E-state index in [9.17, 15) is 5.11 Å². The van der Waals surface area contributed by atoms with Crippen LogP contribution in [0.5, 0.6) is 17.2 Å². The van der Waals surface area contributed by atoms with Crippen LogP contribution in [0.2, 0.25) is 5.02 Å². The second-order valence-corrected chi connectivity index (χ2v) is 5.60. The highest BCUT2D eigenvalue weighted by Gasteiger charge is 2.14. The highest BCUT2D eigenvalue weighted by Crippen LogP contribution is 2.35. The minimum atomic E-state index is -0.752. The molecule has 2 aromatic rings. The Hall–Kier alpha value is -2.62. The van der Waals surface area contributed by atoms with Crippen molar-refractivity contribution < 1.29 is 19.3 Å². The second kappa shape index (κ2) is 7.30. The summed E-state index contributed by atoms with van der Waals surface area (Å²) in [7, 11) is 0. The summed E-state index contributed by atoms with van der Waals surface area (Å²) in [5.41, 5.74) is 1.04. The van der Waals surface area contributed by atoms with Crippen molar-refractivity contribution in [2.75, 3.05) is 25.3 Å². The number of hydrogen-bond acceptors (Lipinski definition) is 6. The van der Waals surface area contributed by atoms with Gasteiger partial charge in [0.2, 0.25) is 6.79 Å². The molecule has 1 unspecified atom stereocenters. The molecule has 0 aromatic heterocycles. The van der Waals surface area contributed by atoms with Crippen LogP contribution in [-0.4, -0.2) is 31.2 Å². The molecule has 0 aliphatic carbocycles. The maximum Gasteiger partial charge on any atom is 0.231 e. The normalized spacial score (nSPS) is 13.2. The molecule has 1 heterocycles. The smallest absolute Gasteiger partial charge is 0.231 e. The van der Waals surface area contributed by atoms with Crippen LogP contribution < -0.4 is 19.5 Å². The third kappa shape index (κ3) is 3.82. The van der Waals surface area contributed by atoms with Crippen LogP contribution in [-0.2, 0) is 0 Å². The maximum absolute atomic E-state index is 10.0. The summed E-state index contributed by atoms with van der Waals surface area (Å²) >= 11 is 5.85. The number of nitrogens with zero attached hydrogens (tertiary/aromatic N) is 1. The molecule has 0 bridgehead atoms. The lowest BCUT2D eigenvalue weighted by Crippen LogP contribution is -2.26. The first kappa shape index (κ1) is 16.2.